The molecule has 2 bridgehead atoms. The zero-order chi connectivity index (χ0) is 8.29. The lowest BCUT2D eigenvalue weighted by Gasteiger charge is -2.22. The summed E-state index contributed by atoms with van der Waals surface area (Å²) >= 11 is 0. The van der Waals surface area contributed by atoms with Crippen molar-refractivity contribution in [3.8, 4) is 0 Å². The summed E-state index contributed by atoms with van der Waals surface area (Å²) in [5.41, 5.74) is 3.31. The predicted octanol–water partition coefficient (Wildman–Crippen LogP) is 3.16. The third-order valence-corrected chi connectivity index (χ3v) is 4.13. The summed E-state index contributed by atoms with van der Waals surface area (Å²) in [6.07, 6.45) is 7.94. The molecular formula is C12H16. The molecular weight excluding hydrogens is 144 g/mol. The van der Waals surface area contributed by atoms with Gasteiger partial charge in [0.05, 0.1) is 0 Å². The zero-order valence-corrected chi connectivity index (χ0v) is 7.88. The van der Waals surface area contributed by atoms with Gasteiger partial charge in [-0.15, -0.1) is 0 Å². The van der Waals surface area contributed by atoms with E-state index < -0.39 is 0 Å². The number of rotatable bonds is 0. The molecule has 4 atom stereocenters. The van der Waals surface area contributed by atoms with Crippen LogP contribution < -0.4 is 0 Å². The highest BCUT2D eigenvalue weighted by atomic mass is 14.5. The van der Waals surface area contributed by atoms with E-state index in [0.717, 1.165) is 23.7 Å². The summed E-state index contributed by atoms with van der Waals surface area (Å²) in [7, 11) is 0. The molecule has 64 valence electrons. The van der Waals surface area contributed by atoms with E-state index in [4.69, 9.17) is 0 Å². The van der Waals surface area contributed by atoms with E-state index in [1.165, 1.54) is 12.8 Å². The fourth-order valence-electron chi connectivity index (χ4n) is 3.65. The molecule has 0 saturated heterocycles. The van der Waals surface area contributed by atoms with Gasteiger partial charge in [0, 0.05) is 0 Å². The molecule has 0 heteroatoms. The average molecular weight is 160 g/mol. The van der Waals surface area contributed by atoms with Crippen LogP contribution in [-0.2, 0) is 0 Å². The Balaban J connectivity index is 2.00. The molecule has 0 amide bonds. The van der Waals surface area contributed by atoms with Gasteiger partial charge < -0.3 is 0 Å². The normalized spacial score (nSPS) is 49.2. The van der Waals surface area contributed by atoms with Crippen molar-refractivity contribution >= 4 is 0 Å². The van der Waals surface area contributed by atoms with Gasteiger partial charge in [-0.2, -0.15) is 0 Å². The lowest BCUT2D eigenvalue weighted by molar-refractivity contribution is 0.386. The second-order valence-corrected chi connectivity index (χ2v) is 4.88. The van der Waals surface area contributed by atoms with Crippen molar-refractivity contribution in [3.05, 3.63) is 23.3 Å². The Labute approximate surface area is 74.4 Å². The highest BCUT2D eigenvalue weighted by Gasteiger charge is 2.47. The molecule has 0 heterocycles. The van der Waals surface area contributed by atoms with Gasteiger partial charge in [0.25, 0.3) is 0 Å². The average Bonchev–Trinajstić information content (AvgIpc) is 2.57. The van der Waals surface area contributed by atoms with Gasteiger partial charge in [-0.05, 0) is 50.4 Å². The van der Waals surface area contributed by atoms with Crippen molar-refractivity contribution < 1.29 is 0 Å². The Hall–Kier alpha value is -0.520. The van der Waals surface area contributed by atoms with Crippen molar-refractivity contribution in [2.75, 3.05) is 0 Å². The molecule has 0 aromatic heterocycles. The Bertz CT molecular complexity index is 282. The van der Waals surface area contributed by atoms with E-state index in [-0.39, 0.29) is 0 Å². The summed E-state index contributed by atoms with van der Waals surface area (Å²) in [5.74, 6) is 3.80. The Kier molecular flexibility index (Phi) is 1.18. The lowest BCUT2D eigenvalue weighted by atomic mass is 9.82. The van der Waals surface area contributed by atoms with Crippen LogP contribution in [0.4, 0.5) is 0 Å². The fraction of sp³-hybridized carbons (Fsp3) is 0.667. The molecule has 3 rings (SSSR count). The van der Waals surface area contributed by atoms with Crippen molar-refractivity contribution in [1.82, 2.24) is 0 Å². The summed E-state index contributed by atoms with van der Waals surface area (Å²) in [4.78, 5) is 0. The van der Waals surface area contributed by atoms with E-state index in [9.17, 15) is 0 Å². The molecule has 3 aliphatic carbocycles. The van der Waals surface area contributed by atoms with Crippen molar-refractivity contribution in [1.29, 1.82) is 0 Å². The van der Waals surface area contributed by atoms with E-state index in [1.807, 2.05) is 0 Å². The molecule has 0 aromatic carbocycles. The van der Waals surface area contributed by atoms with Crippen LogP contribution in [0.2, 0.25) is 0 Å². The Morgan fingerprint density at radius 3 is 2.92 bits per heavy atom. The number of hydrogen-bond acceptors (Lipinski definition) is 0. The van der Waals surface area contributed by atoms with Gasteiger partial charge in [-0.25, -0.2) is 0 Å². The molecule has 12 heavy (non-hydrogen) atoms. The molecule has 0 aliphatic heterocycles. The smallest absolute Gasteiger partial charge is 0.0128 e. The van der Waals surface area contributed by atoms with Crippen molar-refractivity contribution in [3.63, 3.8) is 0 Å². The number of allylic oxidation sites excluding steroid dienone is 4. The monoisotopic (exact) mass is 160 g/mol. The summed E-state index contributed by atoms with van der Waals surface area (Å²) in [6, 6.07) is 0. The van der Waals surface area contributed by atoms with Gasteiger partial charge in [-0.3, -0.25) is 0 Å². The molecule has 0 N–H and O–H groups in total. The lowest BCUT2D eigenvalue weighted by Crippen LogP contribution is -2.15. The van der Waals surface area contributed by atoms with Crippen LogP contribution >= 0.6 is 0 Å². The largest absolute Gasteiger partial charge is 0.0819 e. The van der Waals surface area contributed by atoms with Gasteiger partial charge >= 0.3 is 0 Å². The van der Waals surface area contributed by atoms with E-state index in [2.05, 4.69) is 26.0 Å². The molecule has 1 saturated carbocycles. The van der Waals surface area contributed by atoms with Crippen LogP contribution in [0.15, 0.2) is 23.3 Å². The molecule has 0 aromatic rings. The molecule has 0 nitrogen and oxygen atoms in total. The first-order valence-electron chi connectivity index (χ1n) is 5.11. The van der Waals surface area contributed by atoms with Crippen molar-refractivity contribution in [2.24, 2.45) is 23.7 Å². The fourth-order valence-corrected chi connectivity index (χ4v) is 3.65. The molecule has 3 aliphatic rings. The molecule has 0 spiro atoms. The maximum atomic E-state index is 2.55. The Morgan fingerprint density at radius 1 is 1.25 bits per heavy atom. The van der Waals surface area contributed by atoms with Crippen LogP contribution in [0.1, 0.15) is 26.7 Å². The topological polar surface area (TPSA) is 0 Å². The van der Waals surface area contributed by atoms with Crippen molar-refractivity contribution in [2.45, 2.75) is 26.7 Å². The third kappa shape index (κ3) is 0.688. The SMILES string of the molecule is CC1=C[C@H]2[C@@H](C1)[C@@H]1C=C(C)[C@H]2C1. The predicted molar refractivity (Wildman–Crippen MR) is 50.7 cm³/mol. The first kappa shape index (κ1) is 6.94. The van der Waals surface area contributed by atoms with E-state index in [1.54, 1.807) is 11.1 Å². The van der Waals surface area contributed by atoms with Crippen LogP contribution in [0.3, 0.4) is 0 Å². The maximum absolute atomic E-state index is 2.55. The van der Waals surface area contributed by atoms with E-state index >= 15 is 0 Å². The minimum atomic E-state index is 0.928. The summed E-state index contributed by atoms with van der Waals surface area (Å²) in [6.45, 7) is 4.62. The number of hydrogen-bond donors (Lipinski definition) is 0. The van der Waals surface area contributed by atoms with Gasteiger partial charge in [0.1, 0.15) is 0 Å². The van der Waals surface area contributed by atoms with Crippen LogP contribution in [0.25, 0.3) is 0 Å². The highest BCUT2D eigenvalue weighted by Crippen LogP contribution is 2.56. The second-order valence-electron chi connectivity index (χ2n) is 4.88. The summed E-state index contributed by atoms with van der Waals surface area (Å²) in [5, 5.41) is 0. The summed E-state index contributed by atoms with van der Waals surface area (Å²) < 4.78 is 0. The van der Waals surface area contributed by atoms with Crippen LogP contribution in [0, 0.1) is 23.7 Å². The molecule has 1 fully saturated rings. The van der Waals surface area contributed by atoms with Gasteiger partial charge in [0.2, 0.25) is 0 Å². The number of fused-ring (bicyclic) bond motifs is 5. The first-order valence-corrected chi connectivity index (χ1v) is 5.11. The van der Waals surface area contributed by atoms with Crippen LogP contribution in [0.5, 0.6) is 0 Å². The quantitative estimate of drug-likeness (QED) is 0.477. The Morgan fingerprint density at radius 2 is 2.08 bits per heavy atom. The molecule has 0 radical (unpaired) electrons. The first-order chi connectivity index (χ1) is 5.75. The van der Waals surface area contributed by atoms with E-state index in [0.29, 0.717) is 0 Å². The standard InChI is InChI=1S/C12H16/c1-7-3-11-9-5-8(2)10(6-9)12(11)4-7/h4-5,9-12H,3,6H2,1-2H3/t9-,10-,11+,12-/m1/s1. The maximum Gasteiger partial charge on any atom is -0.0128 e. The highest BCUT2D eigenvalue weighted by molar-refractivity contribution is 5.29. The minimum Gasteiger partial charge on any atom is -0.0819 e. The van der Waals surface area contributed by atoms with Gasteiger partial charge in [0.15, 0.2) is 0 Å². The molecule has 0 unspecified atom stereocenters. The third-order valence-electron chi connectivity index (χ3n) is 4.13. The van der Waals surface area contributed by atoms with Crippen LogP contribution in [-0.4, -0.2) is 0 Å². The second kappa shape index (κ2) is 2.04. The van der Waals surface area contributed by atoms with Gasteiger partial charge in [-0.1, -0.05) is 23.3 Å². The minimum absolute atomic E-state index is 0.928. The zero-order valence-electron chi connectivity index (χ0n) is 7.88.